The predicted octanol–water partition coefficient (Wildman–Crippen LogP) is 3.53. The highest BCUT2D eigenvalue weighted by Gasteiger charge is 2.34. The van der Waals surface area contributed by atoms with Gasteiger partial charge in [0.05, 0.1) is 17.6 Å². The van der Waals surface area contributed by atoms with Crippen LogP contribution in [-0.2, 0) is 31.4 Å². The standard InChI is InChI=1S/C26H34N2O5S/c1-26(2,3)21-11-9-19(10-12-21)13-16-27-24(29)20-14-17-28(18-15-20)34(31,32)23-8-6-5-7-22(23)25(30)33-4/h5-12,20H,13-18H2,1-4H3,(H,27,29). The fraction of sp³-hybridized carbons (Fsp3) is 0.462. The van der Waals surface area contributed by atoms with Crippen LogP contribution in [0.25, 0.3) is 0 Å². The van der Waals surface area contributed by atoms with E-state index in [0.29, 0.717) is 19.4 Å². The van der Waals surface area contributed by atoms with Crippen LogP contribution in [0.1, 0.15) is 55.1 Å². The van der Waals surface area contributed by atoms with Crippen LogP contribution in [0.15, 0.2) is 53.4 Å². The average molecular weight is 487 g/mol. The number of carbonyl (C=O) groups is 2. The molecule has 1 saturated heterocycles. The fourth-order valence-corrected chi connectivity index (χ4v) is 5.76. The Morgan fingerprint density at radius 2 is 1.65 bits per heavy atom. The number of rotatable bonds is 7. The third-order valence-electron chi connectivity index (χ3n) is 6.27. The van der Waals surface area contributed by atoms with Gasteiger partial charge < -0.3 is 10.1 Å². The Hall–Kier alpha value is -2.71. The Balaban J connectivity index is 1.53. The van der Waals surface area contributed by atoms with E-state index < -0.39 is 16.0 Å². The minimum absolute atomic E-state index is 0.0143. The second-order valence-corrected chi connectivity index (χ2v) is 11.6. The lowest BCUT2D eigenvalue weighted by molar-refractivity contribution is -0.126. The molecule has 7 nitrogen and oxygen atoms in total. The zero-order valence-electron chi connectivity index (χ0n) is 20.3. The molecule has 0 spiro atoms. The maximum absolute atomic E-state index is 13.1. The van der Waals surface area contributed by atoms with Crippen molar-refractivity contribution in [2.45, 2.75) is 50.3 Å². The SMILES string of the molecule is COC(=O)c1ccccc1S(=O)(=O)N1CCC(C(=O)NCCc2ccc(C(C)(C)C)cc2)CC1. The van der Waals surface area contributed by atoms with E-state index in [2.05, 4.69) is 50.4 Å². The van der Waals surface area contributed by atoms with Crippen molar-refractivity contribution in [3.63, 3.8) is 0 Å². The van der Waals surface area contributed by atoms with Gasteiger partial charge in [-0.05, 0) is 47.9 Å². The van der Waals surface area contributed by atoms with Crippen LogP contribution < -0.4 is 5.32 Å². The molecule has 0 unspecified atom stereocenters. The Labute approximate surface area is 202 Å². The molecule has 3 rings (SSSR count). The largest absolute Gasteiger partial charge is 0.465 e. The first-order chi connectivity index (χ1) is 16.0. The average Bonchev–Trinajstić information content (AvgIpc) is 2.83. The number of nitrogens with zero attached hydrogens (tertiary/aromatic N) is 1. The molecular formula is C26H34N2O5S. The first-order valence-electron chi connectivity index (χ1n) is 11.6. The highest BCUT2D eigenvalue weighted by Crippen LogP contribution is 2.26. The van der Waals surface area contributed by atoms with E-state index in [0.717, 1.165) is 6.42 Å². The number of benzene rings is 2. The van der Waals surface area contributed by atoms with Gasteiger partial charge in [-0.15, -0.1) is 0 Å². The van der Waals surface area contributed by atoms with Crippen molar-refractivity contribution in [2.24, 2.45) is 5.92 Å². The number of esters is 1. The molecule has 34 heavy (non-hydrogen) atoms. The molecule has 0 aromatic heterocycles. The number of sulfonamides is 1. The first-order valence-corrected chi connectivity index (χ1v) is 13.0. The molecule has 2 aromatic carbocycles. The number of carbonyl (C=O) groups excluding carboxylic acids is 2. The van der Waals surface area contributed by atoms with Crippen molar-refractivity contribution in [2.75, 3.05) is 26.7 Å². The molecule has 1 amide bonds. The van der Waals surface area contributed by atoms with Gasteiger partial charge in [0, 0.05) is 25.6 Å². The number of amides is 1. The van der Waals surface area contributed by atoms with Gasteiger partial charge in [-0.25, -0.2) is 13.2 Å². The van der Waals surface area contributed by atoms with E-state index in [-0.39, 0.29) is 40.8 Å². The molecule has 0 radical (unpaired) electrons. The summed E-state index contributed by atoms with van der Waals surface area (Å²) >= 11 is 0. The minimum atomic E-state index is -3.86. The van der Waals surface area contributed by atoms with Gasteiger partial charge in [-0.1, -0.05) is 57.2 Å². The maximum atomic E-state index is 13.1. The third-order valence-corrected chi connectivity index (χ3v) is 8.22. The van der Waals surface area contributed by atoms with Crippen LogP contribution in [0.3, 0.4) is 0 Å². The van der Waals surface area contributed by atoms with Gasteiger partial charge in [0.25, 0.3) is 0 Å². The normalized spacial score (nSPS) is 15.6. The Kier molecular flexibility index (Phi) is 8.15. The second kappa shape index (κ2) is 10.7. The molecule has 0 bridgehead atoms. The van der Waals surface area contributed by atoms with Gasteiger partial charge in [-0.2, -0.15) is 4.31 Å². The van der Waals surface area contributed by atoms with E-state index >= 15 is 0 Å². The van der Waals surface area contributed by atoms with Gasteiger partial charge in [0.1, 0.15) is 0 Å². The molecule has 1 heterocycles. The highest BCUT2D eigenvalue weighted by atomic mass is 32.2. The van der Waals surface area contributed by atoms with Crippen molar-refractivity contribution in [3.05, 3.63) is 65.2 Å². The van der Waals surface area contributed by atoms with E-state index in [9.17, 15) is 18.0 Å². The minimum Gasteiger partial charge on any atom is -0.465 e. The molecule has 1 aliphatic heterocycles. The lowest BCUT2D eigenvalue weighted by atomic mass is 9.86. The molecule has 0 saturated carbocycles. The Morgan fingerprint density at radius 3 is 2.24 bits per heavy atom. The predicted molar refractivity (Wildman–Crippen MR) is 131 cm³/mol. The number of ether oxygens (including phenoxy) is 1. The number of piperidine rings is 1. The molecule has 0 atom stereocenters. The Bertz CT molecular complexity index is 1110. The monoisotopic (exact) mass is 486 g/mol. The van der Waals surface area contributed by atoms with Crippen LogP contribution in [0, 0.1) is 5.92 Å². The van der Waals surface area contributed by atoms with Gasteiger partial charge in [-0.3, -0.25) is 4.79 Å². The summed E-state index contributed by atoms with van der Waals surface area (Å²) in [6.45, 7) is 7.52. The smallest absolute Gasteiger partial charge is 0.339 e. The maximum Gasteiger partial charge on any atom is 0.339 e. The zero-order valence-corrected chi connectivity index (χ0v) is 21.2. The Morgan fingerprint density at radius 1 is 1.03 bits per heavy atom. The van der Waals surface area contributed by atoms with E-state index in [1.807, 2.05) is 0 Å². The zero-order chi connectivity index (χ0) is 24.9. The van der Waals surface area contributed by atoms with Gasteiger partial charge >= 0.3 is 5.97 Å². The molecule has 8 heteroatoms. The van der Waals surface area contributed by atoms with Crippen molar-refractivity contribution >= 4 is 21.9 Å². The lowest BCUT2D eigenvalue weighted by Crippen LogP contribution is -2.43. The summed E-state index contributed by atoms with van der Waals surface area (Å²) in [5.74, 6) is -0.967. The molecular weight excluding hydrogens is 452 g/mol. The first kappa shape index (κ1) is 25.9. The number of nitrogens with one attached hydrogen (secondary N) is 1. The van der Waals surface area contributed by atoms with Crippen molar-refractivity contribution in [1.29, 1.82) is 0 Å². The third kappa shape index (κ3) is 6.04. The van der Waals surface area contributed by atoms with Crippen molar-refractivity contribution in [3.8, 4) is 0 Å². The molecule has 0 aliphatic carbocycles. The highest BCUT2D eigenvalue weighted by molar-refractivity contribution is 7.89. The second-order valence-electron chi connectivity index (χ2n) is 9.65. The summed E-state index contributed by atoms with van der Waals surface area (Å²) in [5.41, 5.74) is 2.56. The summed E-state index contributed by atoms with van der Waals surface area (Å²) in [6, 6.07) is 14.5. The summed E-state index contributed by atoms with van der Waals surface area (Å²) in [4.78, 5) is 24.6. The quantitative estimate of drug-likeness (QED) is 0.605. The lowest BCUT2D eigenvalue weighted by Gasteiger charge is -2.31. The molecule has 2 aromatic rings. The molecule has 184 valence electrons. The summed E-state index contributed by atoms with van der Waals surface area (Å²) in [7, 11) is -2.64. The van der Waals surface area contributed by atoms with Crippen LogP contribution in [0.5, 0.6) is 0 Å². The van der Waals surface area contributed by atoms with E-state index in [4.69, 9.17) is 4.74 Å². The van der Waals surface area contributed by atoms with Crippen molar-refractivity contribution in [1.82, 2.24) is 9.62 Å². The number of methoxy groups -OCH3 is 1. The van der Waals surface area contributed by atoms with Crippen LogP contribution >= 0.6 is 0 Å². The summed E-state index contributed by atoms with van der Waals surface area (Å²) in [5, 5.41) is 2.99. The van der Waals surface area contributed by atoms with E-state index in [1.165, 1.54) is 34.7 Å². The summed E-state index contributed by atoms with van der Waals surface area (Å²) in [6.07, 6.45) is 1.62. The van der Waals surface area contributed by atoms with Crippen LogP contribution in [-0.4, -0.2) is 51.3 Å². The number of hydrogen-bond acceptors (Lipinski definition) is 5. The number of hydrogen-bond donors (Lipinski definition) is 1. The van der Waals surface area contributed by atoms with Gasteiger partial charge in [0.15, 0.2) is 0 Å². The molecule has 1 N–H and O–H groups in total. The van der Waals surface area contributed by atoms with E-state index in [1.54, 1.807) is 12.1 Å². The summed E-state index contributed by atoms with van der Waals surface area (Å²) < 4.78 is 32.3. The molecule has 1 aliphatic rings. The topological polar surface area (TPSA) is 92.8 Å². The fourth-order valence-electron chi connectivity index (χ4n) is 4.11. The molecule has 1 fully saturated rings. The van der Waals surface area contributed by atoms with Crippen LogP contribution in [0.2, 0.25) is 0 Å². The van der Waals surface area contributed by atoms with Crippen molar-refractivity contribution < 1.29 is 22.7 Å². The van der Waals surface area contributed by atoms with Gasteiger partial charge in [0.2, 0.25) is 15.9 Å². The van der Waals surface area contributed by atoms with Crippen LogP contribution in [0.4, 0.5) is 0 Å².